The molecule has 3 heterocycles. The van der Waals surface area contributed by atoms with Crippen molar-refractivity contribution in [2.24, 2.45) is 5.92 Å². The van der Waals surface area contributed by atoms with E-state index >= 15 is 0 Å². The van der Waals surface area contributed by atoms with E-state index in [-0.39, 0.29) is 23.6 Å². The quantitative estimate of drug-likeness (QED) is 0.459. The summed E-state index contributed by atoms with van der Waals surface area (Å²) in [5.41, 5.74) is 1.17. The largest absolute Gasteiger partial charge is 0.391 e. The molecule has 0 unspecified atom stereocenters. The van der Waals surface area contributed by atoms with Crippen molar-refractivity contribution in [1.29, 1.82) is 0 Å². The molecule has 9 heteroatoms. The van der Waals surface area contributed by atoms with E-state index in [1.54, 1.807) is 42.1 Å². The summed E-state index contributed by atoms with van der Waals surface area (Å²) < 4.78 is 3.44. The third-order valence-electron chi connectivity index (χ3n) is 6.83. The number of rotatable bonds is 6. The highest BCUT2D eigenvalue weighted by atomic mass is 16.3. The van der Waals surface area contributed by atoms with Crippen LogP contribution in [0.3, 0.4) is 0 Å². The molecule has 0 bridgehead atoms. The van der Waals surface area contributed by atoms with Crippen LogP contribution in [-0.2, 0) is 0 Å². The zero-order valence-electron chi connectivity index (χ0n) is 18.9. The minimum absolute atomic E-state index is 0.146. The van der Waals surface area contributed by atoms with E-state index in [0.29, 0.717) is 35.1 Å². The van der Waals surface area contributed by atoms with Gasteiger partial charge in [0.1, 0.15) is 17.3 Å². The number of nitrogens with zero attached hydrogens (tertiary/aromatic N) is 3. The molecule has 33 heavy (non-hydrogen) atoms. The molecular weight excluding hydrogens is 420 g/mol. The molecule has 4 N–H and O–H groups in total. The first-order chi connectivity index (χ1) is 16.0. The molecule has 5 rings (SSSR count). The third kappa shape index (κ3) is 4.08. The first kappa shape index (κ1) is 21.5. The zero-order chi connectivity index (χ0) is 23.1. The number of carbonyl (C=O) groups excluding carboxylic acids is 1. The third-order valence-corrected chi connectivity index (χ3v) is 6.83. The Bertz CT molecular complexity index is 1250. The van der Waals surface area contributed by atoms with E-state index in [0.717, 1.165) is 31.5 Å². The molecule has 174 valence electrons. The number of nitrogens with one attached hydrogen (secondary N) is 3. The van der Waals surface area contributed by atoms with Gasteiger partial charge in [-0.3, -0.25) is 14.0 Å². The van der Waals surface area contributed by atoms with Crippen LogP contribution in [0.15, 0.2) is 41.5 Å². The number of anilines is 3. The van der Waals surface area contributed by atoms with Gasteiger partial charge in [-0.1, -0.05) is 19.8 Å². The summed E-state index contributed by atoms with van der Waals surface area (Å²) in [5.74, 6) is 1.55. The second-order valence-corrected chi connectivity index (χ2v) is 9.17. The van der Waals surface area contributed by atoms with Crippen molar-refractivity contribution < 1.29 is 9.90 Å². The van der Waals surface area contributed by atoms with Crippen LogP contribution in [0, 0.1) is 5.92 Å². The maximum absolute atomic E-state index is 13.2. The lowest BCUT2D eigenvalue weighted by molar-refractivity contribution is 0.0739. The smallest absolute Gasteiger partial charge is 0.274 e. The van der Waals surface area contributed by atoms with Crippen LogP contribution in [0.1, 0.15) is 55.4 Å². The number of aromatic nitrogens is 3. The van der Waals surface area contributed by atoms with Crippen LogP contribution in [0.25, 0.3) is 5.65 Å². The molecule has 0 radical (unpaired) electrons. The van der Waals surface area contributed by atoms with Gasteiger partial charge in [0.05, 0.1) is 17.7 Å². The number of aliphatic hydroxyl groups is 1. The Kier molecular flexibility index (Phi) is 5.57. The molecule has 4 atom stereocenters. The molecule has 0 spiro atoms. The second kappa shape index (κ2) is 8.55. The Labute approximate surface area is 191 Å². The van der Waals surface area contributed by atoms with Gasteiger partial charge in [-0.15, -0.1) is 0 Å². The number of hydrogen-bond acceptors (Lipinski definition) is 6. The summed E-state index contributed by atoms with van der Waals surface area (Å²) in [6, 6.07) is 7.06. The standard InChI is InChI=1S/C24H30N6O3/c1-14-12-17(14)27-23(32)15-9-11-30-21(25-2)13-20(28-22(15)30)26-16-6-5-10-29(24(16)33)18-7-3-4-8-19(18)31/h5-6,9-11,13-14,17-19,25,31H,3-4,7-8,12H2,1-2H3,(H,26,28)(H,27,32)/t14-,17+,18-,19+/m0/s1. The highest BCUT2D eigenvalue weighted by molar-refractivity contribution is 6.01. The van der Waals surface area contributed by atoms with Crippen molar-refractivity contribution >= 4 is 28.9 Å². The Morgan fingerprint density at radius 2 is 2.00 bits per heavy atom. The predicted octanol–water partition coefficient (Wildman–Crippen LogP) is 2.90. The normalized spacial score (nSPS) is 24.5. The van der Waals surface area contributed by atoms with Gasteiger partial charge >= 0.3 is 0 Å². The van der Waals surface area contributed by atoms with Crippen LogP contribution in [0.2, 0.25) is 0 Å². The van der Waals surface area contributed by atoms with Gasteiger partial charge in [0.15, 0.2) is 5.65 Å². The molecule has 2 saturated carbocycles. The van der Waals surface area contributed by atoms with Crippen molar-refractivity contribution in [3.8, 4) is 0 Å². The molecule has 3 aromatic rings. The van der Waals surface area contributed by atoms with Crippen molar-refractivity contribution in [2.45, 2.75) is 57.2 Å². The molecular formula is C24H30N6O3. The van der Waals surface area contributed by atoms with Crippen LogP contribution >= 0.6 is 0 Å². The molecule has 1 amide bonds. The number of aliphatic hydroxyl groups excluding tert-OH is 1. The molecule has 9 nitrogen and oxygen atoms in total. The molecule has 0 aromatic carbocycles. The van der Waals surface area contributed by atoms with Crippen molar-refractivity contribution in [1.82, 2.24) is 19.3 Å². The van der Waals surface area contributed by atoms with E-state index in [1.165, 1.54) is 0 Å². The highest BCUT2D eigenvalue weighted by Crippen LogP contribution is 2.30. The van der Waals surface area contributed by atoms with Crippen molar-refractivity contribution in [2.75, 3.05) is 17.7 Å². The monoisotopic (exact) mass is 450 g/mol. The van der Waals surface area contributed by atoms with Gasteiger partial charge in [0.2, 0.25) is 0 Å². The van der Waals surface area contributed by atoms with Crippen LogP contribution in [-0.4, -0.2) is 44.2 Å². The van der Waals surface area contributed by atoms with E-state index in [9.17, 15) is 14.7 Å². The molecule has 0 aliphatic heterocycles. The summed E-state index contributed by atoms with van der Waals surface area (Å²) in [7, 11) is 1.80. The lowest BCUT2D eigenvalue weighted by atomic mass is 9.92. The fourth-order valence-electron chi connectivity index (χ4n) is 4.70. The first-order valence-corrected chi connectivity index (χ1v) is 11.6. The van der Waals surface area contributed by atoms with Gasteiger partial charge < -0.3 is 25.6 Å². The number of fused-ring (bicyclic) bond motifs is 1. The minimum Gasteiger partial charge on any atom is -0.391 e. The lowest BCUT2D eigenvalue weighted by Crippen LogP contribution is -2.34. The summed E-state index contributed by atoms with van der Waals surface area (Å²) in [6.07, 6.45) is 7.48. The SMILES string of the molecule is CNc1cc(Nc2cccn([C@H]3CCCC[C@H]3O)c2=O)nc2c(C(=O)N[C@@H]3C[C@@H]3C)ccn12. The highest BCUT2D eigenvalue weighted by Gasteiger charge is 2.34. The Morgan fingerprint density at radius 1 is 1.21 bits per heavy atom. The molecule has 2 fully saturated rings. The van der Waals surface area contributed by atoms with Crippen LogP contribution < -0.4 is 21.5 Å². The summed E-state index contributed by atoms with van der Waals surface area (Å²) >= 11 is 0. The molecule has 3 aromatic heterocycles. The van der Waals surface area contributed by atoms with Crippen LogP contribution in [0.5, 0.6) is 0 Å². The fraction of sp³-hybridized carbons (Fsp3) is 0.458. The first-order valence-electron chi connectivity index (χ1n) is 11.6. The zero-order valence-corrected chi connectivity index (χ0v) is 18.9. The average Bonchev–Trinajstić information content (AvgIpc) is 3.32. The number of pyridine rings is 1. The van der Waals surface area contributed by atoms with Gasteiger partial charge in [-0.25, -0.2) is 4.98 Å². The number of amides is 1. The van der Waals surface area contributed by atoms with Gasteiger partial charge in [-0.2, -0.15) is 0 Å². The van der Waals surface area contributed by atoms with E-state index in [4.69, 9.17) is 0 Å². The molecule has 2 aliphatic rings. The molecule has 0 saturated heterocycles. The Balaban J connectivity index is 1.48. The van der Waals surface area contributed by atoms with Gasteiger partial charge in [-0.05, 0) is 43.4 Å². The second-order valence-electron chi connectivity index (χ2n) is 9.17. The topological polar surface area (TPSA) is 113 Å². The predicted molar refractivity (Wildman–Crippen MR) is 127 cm³/mol. The van der Waals surface area contributed by atoms with E-state index in [2.05, 4.69) is 27.9 Å². The lowest BCUT2D eigenvalue weighted by Gasteiger charge is -2.29. The summed E-state index contributed by atoms with van der Waals surface area (Å²) in [5, 5.41) is 19.7. The van der Waals surface area contributed by atoms with Gasteiger partial charge in [0, 0.05) is 31.5 Å². The number of carbonyl (C=O) groups is 1. The maximum Gasteiger partial charge on any atom is 0.274 e. The fourth-order valence-corrected chi connectivity index (χ4v) is 4.70. The Hall–Kier alpha value is -3.33. The molecule has 2 aliphatic carbocycles. The van der Waals surface area contributed by atoms with Crippen molar-refractivity contribution in [3.63, 3.8) is 0 Å². The average molecular weight is 451 g/mol. The van der Waals surface area contributed by atoms with E-state index < -0.39 is 6.10 Å². The van der Waals surface area contributed by atoms with Crippen molar-refractivity contribution in [3.05, 3.63) is 52.6 Å². The minimum atomic E-state index is -0.520. The van der Waals surface area contributed by atoms with E-state index in [1.807, 2.05) is 10.6 Å². The summed E-state index contributed by atoms with van der Waals surface area (Å²) in [6.45, 7) is 2.11. The van der Waals surface area contributed by atoms with Crippen LogP contribution in [0.4, 0.5) is 17.3 Å². The van der Waals surface area contributed by atoms with Gasteiger partial charge in [0.25, 0.3) is 11.5 Å². The Morgan fingerprint density at radius 3 is 2.73 bits per heavy atom. The number of hydrogen-bond donors (Lipinski definition) is 4. The summed E-state index contributed by atoms with van der Waals surface area (Å²) in [4.78, 5) is 30.7. The maximum atomic E-state index is 13.2.